The lowest BCUT2D eigenvalue weighted by Crippen LogP contribution is -2.54. The zero-order valence-electron chi connectivity index (χ0n) is 35.0. The number of halogens is 2. The highest BCUT2D eigenvalue weighted by Gasteiger charge is 2.44. The van der Waals surface area contributed by atoms with Gasteiger partial charge in [-0.2, -0.15) is 0 Å². The zero-order valence-corrected chi connectivity index (χ0v) is 35.0. The SMILES string of the molecule is Cc1nc2c(F)cc(-c3nc(Nc4ccc(CN5CCC(CN6CCC[C@H](Nc7ccc8c(c7)C(=O)N(C7CCC(=O)NC7=O)C8=O)C6)CC5)cn4)ncc3F)cc2n1C(C)C. The number of aromatic nitrogens is 5. The van der Waals surface area contributed by atoms with E-state index in [1.165, 1.54) is 6.07 Å². The standard InChI is InChI=1S/C45H49F2N11O4/c1-25(2)57-26(3)50-41-34(46)17-29(18-37(41)57)40-35(47)21-49-45(54-40)52-38-10-6-28(20-48-38)23-55-15-12-27(13-16-55)22-56-14-4-5-31(24-56)51-30-7-8-32-33(19-30)44(62)58(43(32)61)36-9-11-39(59)53-42(36)60/h6-8,10,17-21,25,27,31,36,51H,4-5,9,11-16,22-24H2,1-3H3,(H,53,59,60)(H,48,49,52,54)/t31-,36?/m0/s1. The molecular formula is C45H49F2N11O4. The van der Waals surface area contributed by atoms with Gasteiger partial charge in [-0.05, 0) is 120 Å². The van der Waals surface area contributed by atoms with Gasteiger partial charge >= 0.3 is 0 Å². The first kappa shape index (κ1) is 41.2. The molecule has 62 heavy (non-hydrogen) atoms. The first-order valence-corrected chi connectivity index (χ1v) is 21.4. The highest BCUT2D eigenvalue weighted by atomic mass is 19.1. The molecule has 0 saturated carbocycles. The third-order valence-corrected chi connectivity index (χ3v) is 12.5. The molecule has 3 fully saturated rings. The van der Waals surface area contributed by atoms with Gasteiger partial charge in [0.2, 0.25) is 17.8 Å². The second-order valence-corrected chi connectivity index (χ2v) is 17.2. The van der Waals surface area contributed by atoms with Crippen LogP contribution in [0.25, 0.3) is 22.3 Å². The molecule has 0 spiro atoms. The van der Waals surface area contributed by atoms with E-state index in [-0.39, 0.29) is 53.2 Å². The fourth-order valence-corrected chi connectivity index (χ4v) is 9.48. The van der Waals surface area contributed by atoms with Crippen molar-refractivity contribution in [1.82, 2.24) is 44.5 Å². The zero-order chi connectivity index (χ0) is 43.2. The number of likely N-dealkylation sites (tertiary alicyclic amines) is 2. The van der Waals surface area contributed by atoms with Crippen LogP contribution in [0.5, 0.6) is 0 Å². The van der Waals surface area contributed by atoms with Crippen LogP contribution >= 0.6 is 0 Å². The molecule has 0 aliphatic carbocycles. The highest BCUT2D eigenvalue weighted by molar-refractivity contribution is 6.23. The van der Waals surface area contributed by atoms with Gasteiger partial charge in [-0.25, -0.2) is 28.7 Å². The molecule has 17 heteroatoms. The van der Waals surface area contributed by atoms with E-state index in [1.54, 1.807) is 18.2 Å². The monoisotopic (exact) mass is 845 g/mol. The van der Waals surface area contributed by atoms with Crippen LogP contribution in [0.4, 0.5) is 26.2 Å². The van der Waals surface area contributed by atoms with Crippen LogP contribution in [0, 0.1) is 24.5 Å². The Morgan fingerprint density at radius 1 is 0.855 bits per heavy atom. The second-order valence-electron chi connectivity index (χ2n) is 17.2. The summed E-state index contributed by atoms with van der Waals surface area (Å²) in [6, 6.07) is 11.2. The lowest BCUT2D eigenvalue weighted by Gasteiger charge is -2.38. The second kappa shape index (κ2) is 16.9. The molecule has 2 atom stereocenters. The van der Waals surface area contributed by atoms with Crippen molar-refractivity contribution in [3.8, 4) is 11.3 Å². The number of carbonyl (C=O) groups excluding carboxylic acids is 4. The Morgan fingerprint density at radius 3 is 2.42 bits per heavy atom. The van der Waals surface area contributed by atoms with Crippen LogP contribution < -0.4 is 16.0 Å². The molecule has 7 heterocycles. The number of anilines is 3. The van der Waals surface area contributed by atoms with Crippen LogP contribution in [-0.2, 0) is 16.1 Å². The minimum absolute atomic E-state index is 0.0228. The molecule has 9 rings (SSSR count). The average molecular weight is 846 g/mol. The fourth-order valence-electron chi connectivity index (χ4n) is 9.48. The predicted octanol–water partition coefficient (Wildman–Crippen LogP) is 5.99. The Kier molecular flexibility index (Phi) is 11.2. The molecule has 3 aromatic heterocycles. The number of carbonyl (C=O) groups is 4. The first-order valence-electron chi connectivity index (χ1n) is 21.4. The highest BCUT2D eigenvalue weighted by Crippen LogP contribution is 2.33. The molecule has 1 unspecified atom stereocenters. The molecule has 0 bridgehead atoms. The van der Waals surface area contributed by atoms with Crippen LogP contribution in [0.1, 0.15) is 90.5 Å². The molecule has 15 nitrogen and oxygen atoms in total. The fraction of sp³-hybridized carbons (Fsp3) is 0.422. The van der Waals surface area contributed by atoms with Crippen LogP contribution in [-0.4, -0.2) is 108 Å². The molecule has 4 amide bonds. The minimum atomic E-state index is -0.987. The Bertz CT molecular complexity index is 2570. The number of amides is 4. The van der Waals surface area contributed by atoms with Gasteiger partial charge in [0.05, 0.1) is 22.8 Å². The third-order valence-electron chi connectivity index (χ3n) is 12.5. The van der Waals surface area contributed by atoms with E-state index >= 15 is 8.78 Å². The quantitative estimate of drug-likeness (QED) is 0.133. The maximum Gasteiger partial charge on any atom is 0.262 e. The minimum Gasteiger partial charge on any atom is -0.381 e. The Balaban J connectivity index is 0.751. The number of nitrogens with one attached hydrogen (secondary N) is 3. The van der Waals surface area contributed by atoms with Crippen LogP contribution in [0.15, 0.2) is 54.9 Å². The molecule has 0 radical (unpaired) electrons. The summed E-state index contributed by atoms with van der Waals surface area (Å²) >= 11 is 0. The normalized spacial score (nSPS) is 20.3. The van der Waals surface area contributed by atoms with Crippen LogP contribution in [0.2, 0.25) is 0 Å². The summed E-state index contributed by atoms with van der Waals surface area (Å²) in [5.41, 5.74) is 3.46. The summed E-state index contributed by atoms with van der Waals surface area (Å²) in [7, 11) is 0. The predicted molar refractivity (Wildman–Crippen MR) is 228 cm³/mol. The lowest BCUT2D eigenvalue weighted by atomic mass is 9.94. The van der Waals surface area contributed by atoms with E-state index < -0.39 is 41.3 Å². The van der Waals surface area contributed by atoms with E-state index in [0.717, 1.165) is 87.3 Å². The Morgan fingerprint density at radius 2 is 1.66 bits per heavy atom. The van der Waals surface area contributed by atoms with Crippen molar-refractivity contribution in [3.05, 3.63) is 89.0 Å². The number of aryl methyl sites for hydroxylation is 1. The number of nitrogens with zero attached hydrogens (tertiary/aromatic N) is 8. The van der Waals surface area contributed by atoms with Gasteiger partial charge in [-0.15, -0.1) is 0 Å². The smallest absolute Gasteiger partial charge is 0.262 e. The molecule has 3 saturated heterocycles. The molecule has 4 aliphatic rings. The number of fused-ring (bicyclic) bond motifs is 2. The maximum atomic E-state index is 15.2. The van der Waals surface area contributed by atoms with Crippen molar-refractivity contribution in [1.29, 1.82) is 0 Å². The van der Waals surface area contributed by atoms with E-state index in [2.05, 4.69) is 45.7 Å². The number of hydrogen-bond donors (Lipinski definition) is 3. The van der Waals surface area contributed by atoms with Gasteiger partial charge in [0.1, 0.15) is 28.9 Å². The molecule has 322 valence electrons. The lowest BCUT2D eigenvalue weighted by molar-refractivity contribution is -0.136. The maximum absolute atomic E-state index is 15.2. The van der Waals surface area contributed by atoms with Crippen LogP contribution in [0.3, 0.4) is 0 Å². The number of hydrogen-bond acceptors (Lipinski definition) is 12. The number of pyridine rings is 1. The number of benzene rings is 2. The van der Waals surface area contributed by atoms with Crippen molar-refractivity contribution in [2.45, 2.75) is 84.0 Å². The molecular weight excluding hydrogens is 797 g/mol. The van der Waals surface area contributed by atoms with E-state index in [9.17, 15) is 19.2 Å². The summed E-state index contributed by atoms with van der Waals surface area (Å²) in [5, 5.41) is 8.90. The average Bonchev–Trinajstić information content (AvgIpc) is 3.72. The summed E-state index contributed by atoms with van der Waals surface area (Å²) in [4.78, 5) is 74.0. The van der Waals surface area contributed by atoms with E-state index in [4.69, 9.17) is 0 Å². The van der Waals surface area contributed by atoms with E-state index in [1.807, 2.05) is 49.7 Å². The first-order chi connectivity index (χ1) is 29.9. The van der Waals surface area contributed by atoms with E-state index in [0.29, 0.717) is 28.6 Å². The van der Waals surface area contributed by atoms with Gasteiger partial charge in [-0.1, -0.05) is 6.07 Å². The summed E-state index contributed by atoms with van der Waals surface area (Å²) < 4.78 is 32.1. The molecule has 3 N–H and O–H groups in total. The van der Waals surface area contributed by atoms with Gasteiger partial charge < -0.3 is 20.1 Å². The van der Waals surface area contributed by atoms with Crippen molar-refractivity contribution in [2.24, 2.45) is 5.92 Å². The Hall–Kier alpha value is -6.20. The molecule has 5 aromatic rings. The number of imide groups is 2. The van der Waals surface area contributed by atoms with Gasteiger partial charge in [0, 0.05) is 55.6 Å². The summed E-state index contributed by atoms with van der Waals surface area (Å²) in [5.74, 6) is -1.33. The Labute approximate surface area is 357 Å². The summed E-state index contributed by atoms with van der Waals surface area (Å²) in [6.45, 7) is 11.5. The van der Waals surface area contributed by atoms with Gasteiger partial charge in [-0.3, -0.25) is 34.3 Å². The number of piperidine rings is 3. The summed E-state index contributed by atoms with van der Waals surface area (Å²) in [6.07, 6.45) is 7.32. The number of rotatable bonds is 11. The van der Waals surface area contributed by atoms with Crippen molar-refractivity contribution in [2.75, 3.05) is 43.4 Å². The van der Waals surface area contributed by atoms with Crippen molar-refractivity contribution in [3.63, 3.8) is 0 Å². The van der Waals surface area contributed by atoms with Crippen molar-refractivity contribution < 1.29 is 28.0 Å². The topological polar surface area (TPSA) is 171 Å². The third kappa shape index (κ3) is 8.25. The molecule has 2 aromatic carbocycles. The van der Waals surface area contributed by atoms with Gasteiger partial charge in [0.25, 0.3) is 11.8 Å². The largest absolute Gasteiger partial charge is 0.381 e. The van der Waals surface area contributed by atoms with Crippen molar-refractivity contribution >= 4 is 52.1 Å². The number of imidazole rings is 1. The van der Waals surface area contributed by atoms with Gasteiger partial charge in [0.15, 0.2) is 11.6 Å². The molecule has 4 aliphatic heterocycles.